The maximum atomic E-state index is 12.2. The lowest BCUT2D eigenvalue weighted by Gasteiger charge is -2.10. The van der Waals surface area contributed by atoms with E-state index < -0.39 is 0 Å². The van der Waals surface area contributed by atoms with Crippen molar-refractivity contribution in [3.8, 4) is 6.07 Å². The number of anilines is 2. The first-order valence-corrected chi connectivity index (χ1v) is 6.53. The first-order valence-electron chi connectivity index (χ1n) is 5.74. The second kappa shape index (κ2) is 5.72. The average molecular weight is 331 g/mol. The van der Waals surface area contributed by atoms with E-state index in [-0.39, 0.29) is 17.3 Å². The molecule has 0 unspecified atom stereocenters. The third-order valence-corrected chi connectivity index (χ3v) is 3.18. The van der Waals surface area contributed by atoms with Crippen molar-refractivity contribution in [2.24, 2.45) is 0 Å². The van der Waals surface area contributed by atoms with Crippen LogP contribution in [0.2, 0.25) is 0 Å². The summed E-state index contributed by atoms with van der Waals surface area (Å²) in [5, 5.41) is 11.6. The van der Waals surface area contributed by atoms with Crippen molar-refractivity contribution in [2.75, 3.05) is 11.1 Å². The third kappa shape index (κ3) is 2.95. The molecule has 0 aliphatic rings. The van der Waals surface area contributed by atoms with Crippen molar-refractivity contribution in [3.05, 3.63) is 51.6 Å². The van der Waals surface area contributed by atoms with Crippen LogP contribution >= 0.6 is 15.9 Å². The number of nitrogens with one attached hydrogen (secondary N) is 1. The van der Waals surface area contributed by atoms with Gasteiger partial charge in [0, 0.05) is 16.4 Å². The molecule has 2 rings (SSSR count). The molecule has 1 amide bonds. The van der Waals surface area contributed by atoms with Gasteiger partial charge in [-0.05, 0) is 46.6 Å². The number of pyridine rings is 1. The standard InChI is InChI=1S/C14H11BrN4O/c1-8-2-3-9(6-16)4-12(8)19-14(20)11-5-10(15)7-18-13(11)17/h2-5,7H,1H3,(H2,17,18)(H,19,20). The second-order valence-electron chi connectivity index (χ2n) is 4.18. The Bertz CT molecular complexity index is 722. The molecule has 0 aliphatic carbocycles. The molecular weight excluding hydrogens is 320 g/mol. The quantitative estimate of drug-likeness (QED) is 0.885. The highest BCUT2D eigenvalue weighted by Gasteiger charge is 2.13. The van der Waals surface area contributed by atoms with Crippen LogP contribution in [0.25, 0.3) is 0 Å². The van der Waals surface area contributed by atoms with Crippen LogP contribution < -0.4 is 11.1 Å². The smallest absolute Gasteiger partial charge is 0.259 e. The van der Waals surface area contributed by atoms with Gasteiger partial charge in [-0.25, -0.2) is 4.98 Å². The SMILES string of the molecule is Cc1ccc(C#N)cc1NC(=O)c1cc(Br)cnc1N. The number of nitrogens with two attached hydrogens (primary N) is 1. The highest BCUT2D eigenvalue weighted by Crippen LogP contribution is 2.20. The Hall–Kier alpha value is -2.39. The number of rotatable bonds is 2. The molecule has 1 aromatic heterocycles. The monoisotopic (exact) mass is 330 g/mol. The Morgan fingerprint density at radius 3 is 2.90 bits per heavy atom. The number of carbonyl (C=O) groups excluding carboxylic acids is 1. The molecule has 0 spiro atoms. The van der Waals surface area contributed by atoms with E-state index in [1.807, 2.05) is 13.0 Å². The summed E-state index contributed by atoms with van der Waals surface area (Å²) in [6.45, 7) is 1.85. The highest BCUT2D eigenvalue weighted by molar-refractivity contribution is 9.10. The van der Waals surface area contributed by atoms with E-state index in [2.05, 4.69) is 26.2 Å². The van der Waals surface area contributed by atoms with Gasteiger partial charge in [-0.3, -0.25) is 4.79 Å². The first kappa shape index (κ1) is 14.0. The average Bonchev–Trinajstić information content (AvgIpc) is 2.43. The van der Waals surface area contributed by atoms with Gasteiger partial charge < -0.3 is 11.1 Å². The lowest BCUT2D eigenvalue weighted by atomic mass is 10.1. The molecule has 0 radical (unpaired) electrons. The number of halogens is 1. The Morgan fingerprint density at radius 1 is 1.45 bits per heavy atom. The fourth-order valence-corrected chi connectivity index (χ4v) is 1.98. The van der Waals surface area contributed by atoms with Gasteiger partial charge in [0.2, 0.25) is 0 Å². The minimum Gasteiger partial charge on any atom is -0.383 e. The summed E-state index contributed by atoms with van der Waals surface area (Å²) in [5.41, 5.74) is 7.89. The third-order valence-electron chi connectivity index (χ3n) is 2.74. The van der Waals surface area contributed by atoms with Crippen LogP contribution in [0.4, 0.5) is 11.5 Å². The molecular formula is C14H11BrN4O. The lowest BCUT2D eigenvalue weighted by molar-refractivity contribution is 0.102. The molecule has 2 aromatic rings. The van der Waals surface area contributed by atoms with Gasteiger partial charge in [-0.15, -0.1) is 0 Å². The number of benzene rings is 1. The molecule has 0 atom stereocenters. The van der Waals surface area contributed by atoms with Gasteiger partial charge in [0.15, 0.2) is 0 Å². The fourth-order valence-electron chi connectivity index (χ4n) is 1.65. The predicted molar refractivity (Wildman–Crippen MR) is 80.2 cm³/mol. The zero-order valence-corrected chi connectivity index (χ0v) is 12.2. The fraction of sp³-hybridized carbons (Fsp3) is 0.0714. The van der Waals surface area contributed by atoms with E-state index in [1.165, 1.54) is 6.20 Å². The summed E-state index contributed by atoms with van der Waals surface area (Å²) in [6, 6.07) is 8.72. The summed E-state index contributed by atoms with van der Waals surface area (Å²) in [4.78, 5) is 16.1. The van der Waals surface area contributed by atoms with E-state index in [1.54, 1.807) is 24.3 Å². The molecule has 0 saturated carbocycles. The Labute approximate surface area is 124 Å². The lowest BCUT2D eigenvalue weighted by Crippen LogP contribution is -2.15. The van der Waals surface area contributed by atoms with Crippen LogP contribution in [0.15, 0.2) is 34.9 Å². The molecule has 0 aliphatic heterocycles. The molecule has 1 aromatic carbocycles. The van der Waals surface area contributed by atoms with E-state index in [4.69, 9.17) is 11.0 Å². The summed E-state index contributed by atoms with van der Waals surface area (Å²) >= 11 is 3.25. The number of hydrogen-bond acceptors (Lipinski definition) is 4. The number of aryl methyl sites for hydroxylation is 1. The second-order valence-corrected chi connectivity index (χ2v) is 5.10. The maximum absolute atomic E-state index is 12.2. The van der Waals surface area contributed by atoms with E-state index in [0.29, 0.717) is 15.7 Å². The Balaban J connectivity index is 2.33. The van der Waals surface area contributed by atoms with Crippen molar-refractivity contribution >= 4 is 33.3 Å². The van der Waals surface area contributed by atoms with E-state index in [0.717, 1.165) is 5.56 Å². The van der Waals surface area contributed by atoms with Gasteiger partial charge >= 0.3 is 0 Å². The molecule has 0 bridgehead atoms. The van der Waals surface area contributed by atoms with Crippen molar-refractivity contribution < 1.29 is 4.79 Å². The van der Waals surface area contributed by atoms with Crippen LogP contribution in [-0.4, -0.2) is 10.9 Å². The number of nitrogens with zero attached hydrogens (tertiary/aromatic N) is 2. The number of carbonyl (C=O) groups is 1. The molecule has 0 fully saturated rings. The number of hydrogen-bond donors (Lipinski definition) is 2. The predicted octanol–water partition coefficient (Wildman–Crippen LogP) is 2.86. The normalized spacial score (nSPS) is 9.85. The van der Waals surface area contributed by atoms with Crippen LogP contribution in [-0.2, 0) is 0 Å². The number of aromatic nitrogens is 1. The van der Waals surface area contributed by atoms with Crippen LogP contribution in [0.1, 0.15) is 21.5 Å². The molecule has 5 nitrogen and oxygen atoms in total. The minimum atomic E-state index is -0.366. The number of nitrogen functional groups attached to an aromatic ring is 1. The zero-order chi connectivity index (χ0) is 14.7. The molecule has 20 heavy (non-hydrogen) atoms. The van der Waals surface area contributed by atoms with E-state index >= 15 is 0 Å². The van der Waals surface area contributed by atoms with Crippen molar-refractivity contribution in [3.63, 3.8) is 0 Å². The number of nitriles is 1. The molecule has 3 N–H and O–H groups in total. The first-order chi connectivity index (χ1) is 9.51. The number of amides is 1. The molecule has 1 heterocycles. The highest BCUT2D eigenvalue weighted by atomic mass is 79.9. The molecule has 6 heteroatoms. The van der Waals surface area contributed by atoms with Crippen LogP contribution in [0.5, 0.6) is 0 Å². The minimum absolute atomic E-state index is 0.153. The summed E-state index contributed by atoms with van der Waals surface area (Å²) in [7, 11) is 0. The van der Waals surface area contributed by atoms with Crippen molar-refractivity contribution in [2.45, 2.75) is 6.92 Å². The van der Waals surface area contributed by atoms with Crippen LogP contribution in [0, 0.1) is 18.3 Å². The summed E-state index contributed by atoms with van der Waals surface area (Å²) in [5.74, 6) is -0.214. The maximum Gasteiger partial charge on any atom is 0.259 e. The molecule has 100 valence electrons. The molecule has 0 saturated heterocycles. The van der Waals surface area contributed by atoms with Gasteiger partial charge in [0.1, 0.15) is 5.82 Å². The van der Waals surface area contributed by atoms with Gasteiger partial charge in [0.05, 0.1) is 17.2 Å². The van der Waals surface area contributed by atoms with Crippen molar-refractivity contribution in [1.29, 1.82) is 5.26 Å². The zero-order valence-electron chi connectivity index (χ0n) is 10.6. The largest absolute Gasteiger partial charge is 0.383 e. The Morgan fingerprint density at radius 2 is 2.20 bits per heavy atom. The van der Waals surface area contributed by atoms with Gasteiger partial charge in [0.25, 0.3) is 5.91 Å². The summed E-state index contributed by atoms with van der Waals surface area (Å²) in [6.07, 6.45) is 1.52. The van der Waals surface area contributed by atoms with Gasteiger partial charge in [-0.1, -0.05) is 6.07 Å². The van der Waals surface area contributed by atoms with Gasteiger partial charge in [-0.2, -0.15) is 5.26 Å². The van der Waals surface area contributed by atoms with Crippen LogP contribution in [0.3, 0.4) is 0 Å². The summed E-state index contributed by atoms with van der Waals surface area (Å²) < 4.78 is 0.666. The topological polar surface area (TPSA) is 91.8 Å². The van der Waals surface area contributed by atoms with Crippen molar-refractivity contribution in [1.82, 2.24) is 4.98 Å². The van der Waals surface area contributed by atoms with E-state index in [9.17, 15) is 4.79 Å². The Kier molecular flexibility index (Phi) is 4.01.